The lowest BCUT2D eigenvalue weighted by molar-refractivity contribution is 0.198. The molecule has 0 fully saturated rings. The normalized spacial score (nSPS) is 12.5. The van der Waals surface area contributed by atoms with Gasteiger partial charge in [-0.25, -0.2) is 4.39 Å². The monoisotopic (exact) mass is 241 g/mol. The van der Waals surface area contributed by atoms with E-state index in [0.29, 0.717) is 30.9 Å². The molecule has 1 aromatic carbocycles. The van der Waals surface area contributed by atoms with Gasteiger partial charge in [0, 0.05) is 20.2 Å². The van der Waals surface area contributed by atoms with E-state index in [0.717, 1.165) is 0 Å². The molecule has 4 heteroatoms. The van der Waals surface area contributed by atoms with Gasteiger partial charge in [0.2, 0.25) is 0 Å². The van der Waals surface area contributed by atoms with Crippen LogP contribution in [-0.2, 0) is 4.74 Å². The van der Waals surface area contributed by atoms with Crippen molar-refractivity contribution in [2.24, 2.45) is 0 Å². The number of aliphatic hydroxyl groups is 1. The standard InChI is InChI=1S/C13H20FNO2/c1-4-15(7-8-17-3)13-6-5-11(10(2)16)9-12(13)14/h5-6,9-10,16H,4,7-8H2,1-3H3/t10-/m0/s1. The molecule has 0 amide bonds. The molecule has 1 aromatic rings. The molecule has 1 N–H and O–H groups in total. The number of rotatable bonds is 6. The molecular formula is C13H20FNO2. The van der Waals surface area contributed by atoms with Gasteiger partial charge < -0.3 is 14.7 Å². The first-order chi connectivity index (χ1) is 8.10. The highest BCUT2D eigenvalue weighted by molar-refractivity contribution is 5.49. The Morgan fingerprint density at radius 3 is 2.65 bits per heavy atom. The second-order valence-electron chi connectivity index (χ2n) is 3.96. The van der Waals surface area contributed by atoms with Gasteiger partial charge in [-0.3, -0.25) is 0 Å². The molecule has 0 unspecified atom stereocenters. The van der Waals surface area contributed by atoms with Gasteiger partial charge in [-0.05, 0) is 31.5 Å². The first-order valence-corrected chi connectivity index (χ1v) is 5.81. The van der Waals surface area contributed by atoms with Gasteiger partial charge in [0.25, 0.3) is 0 Å². The Labute approximate surface area is 102 Å². The lowest BCUT2D eigenvalue weighted by Gasteiger charge is -2.23. The maximum atomic E-state index is 13.9. The summed E-state index contributed by atoms with van der Waals surface area (Å²) in [5.74, 6) is -0.304. The molecular weight excluding hydrogens is 221 g/mol. The zero-order valence-electron chi connectivity index (χ0n) is 10.6. The number of ether oxygens (including phenoxy) is 1. The summed E-state index contributed by atoms with van der Waals surface area (Å²) in [4.78, 5) is 1.91. The van der Waals surface area contributed by atoms with E-state index in [9.17, 15) is 9.50 Å². The van der Waals surface area contributed by atoms with Crippen LogP contribution in [0.1, 0.15) is 25.5 Å². The fraction of sp³-hybridized carbons (Fsp3) is 0.538. The number of anilines is 1. The number of nitrogens with zero attached hydrogens (tertiary/aromatic N) is 1. The molecule has 0 saturated heterocycles. The largest absolute Gasteiger partial charge is 0.389 e. The van der Waals surface area contributed by atoms with E-state index < -0.39 is 6.10 Å². The number of aliphatic hydroxyl groups excluding tert-OH is 1. The van der Waals surface area contributed by atoms with Crippen LogP contribution in [0.15, 0.2) is 18.2 Å². The number of hydrogen-bond acceptors (Lipinski definition) is 3. The Balaban J connectivity index is 2.88. The first kappa shape index (κ1) is 13.9. The number of hydrogen-bond donors (Lipinski definition) is 1. The first-order valence-electron chi connectivity index (χ1n) is 5.81. The van der Waals surface area contributed by atoms with Gasteiger partial charge in [0.15, 0.2) is 0 Å². The van der Waals surface area contributed by atoms with E-state index in [1.54, 1.807) is 26.2 Å². The highest BCUT2D eigenvalue weighted by Gasteiger charge is 2.11. The van der Waals surface area contributed by atoms with E-state index in [2.05, 4.69) is 0 Å². The van der Waals surface area contributed by atoms with Gasteiger partial charge in [0.05, 0.1) is 18.4 Å². The topological polar surface area (TPSA) is 32.7 Å². The third-order valence-electron chi connectivity index (χ3n) is 2.74. The van der Waals surface area contributed by atoms with Crippen LogP contribution >= 0.6 is 0 Å². The molecule has 17 heavy (non-hydrogen) atoms. The average Bonchev–Trinajstić information content (AvgIpc) is 2.31. The smallest absolute Gasteiger partial charge is 0.146 e. The fourth-order valence-corrected chi connectivity index (χ4v) is 1.69. The van der Waals surface area contributed by atoms with Crippen LogP contribution < -0.4 is 4.90 Å². The van der Waals surface area contributed by atoms with Crippen molar-refractivity contribution in [3.8, 4) is 0 Å². The predicted octanol–water partition coefficient (Wildman–Crippen LogP) is 2.35. The quantitative estimate of drug-likeness (QED) is 0.830. The maximum Gasteiger partial charge on any atom is 0.146 e. The van der Waals surface area contributed by atoms with Crippen molar-refractivity contribution in [3.05, 3.63) is 29.6 Å². The summed E-state index contributed by atoms with van der Waals surface area (Å²) in [5.41, 5.74) is 1.14. The van der Waals surface area contributed by atoms with E-state index in [4.69, 9.17) is 4.74 Å². The Kier molecular flexibility index (Phi) is 5.38. The van der Waals surface area contributed by atoms with Crippen molar-refractivity contribution in [2.75, 3.05) is 31.7 Å². The van der Waals surface area contributed by atoms with Crippen LogP contribution in [0.4, 0.5) is 10.1 Å². The van der Waals surface area contributed by atoms with Crippen molar-refractivity contribution >= 4 is 5.69 Å². The molecule has 0 aliphatic carbocycles. The molecule has 0 aliphatic rings. The minimum Gasteiger partial charge on any atom is -0.389 e. The maximum absolute atomic E-state index is 13.9. The summed E-state index contributed by atoms with van der Waals surface area (Å²) in [6.07, 6.45) is -0.646. The van der Waals surface area contributed by atoms with Crippen LogP contribution in [0, 0.1) is 5.82 Å². The van der Waals surface area contributed by atoms with E-state index in [-0.39, 0.29) is 5.82 Å². The number of benzene rings is 1. The molecule has 1 atom stereocenters. The summed E-state index contributed by atoms with van der Waals surface area (Å²) >= 11 is 0. The van der Waals surface area contributed by atoms with Gasteiger partial charge in [-0.15, -0.1) is 0 Å². The third kappa shape index (κ3) is 3.68. The van der Waals surface area contributed by atoms with Crippen molar-refractivity contribution in [2.45, 2.75) is 20.0 Å². The summed E-state index contributed by atoms with van der Waals surface area (Å²) in [6, 6.07) is 4.84. The number of halogens is 1. The molecule has 3 nitrogen and oxygen atoms in total. The van der Waals surface area contributed by atoms with Gasteiger partial charge in [-0.1, -0.05) is 6.07 Å². The van der Waals surface area contributed by atoms with Gasteiger partial charge >= 0.3 is 0 Å². The van der Waals surface area contributed by atoms with Crippen molar-refractivity contribution < 1.29 is 14.2 Å². The Morgan fingerprint density at radius 2 is 2.18 bits per heavy atom. The second-order valence-corrected chi connectivity index (χ2v) is 3.96. The Bertz CT molecular complexity index is 355. The summed E-state index contributed by atoms with van der Waals surface area (Å²) in [7, 11) is 1.63. The van der Waals surface area contributed by atoms with Crippen molar-refractivity contribution in [3.63, 3.8) is 0 Å². The molecule has 0 saturated carbocycles. The van der Waals surface area contributed by atoms with Gasteiger partial charge in [-0.2, -0.15) is 0 Å². The summed E-state index contributed by atoms with van der Waals surface area (Å²) in [5, 5.41) is 9.38. The predicted molar refractivity (Wildman–Crippen MR) is 66.8 cm³/mol. The van der Waals surface area contributed by atoms with Crippen LogP contribution in [-0.4, -0.2) is 31.9 Å². The van der Waals surface area contributed by atoms with Crippen LogP contribution in [0.2, 0.25) is 0 Å². The Hall–Kier alpha value is -1.13. The molecule has 96 valence electrons. The molecule has 0 aliphatic heterocycles. The second kappa shape index (κ2) is 6.57. The molecule has 0 spiro atoms. The van der Waals surface area contributed by atoms with E-state index in [1.165, 1.54) is 6.07 Å². The third-order valence-corrected chi connectivity index (χ3v) is 2.74. The highest BCUT2D eigenvalue weighted by Crippen LogP contribution is 2.23. The van der Waals surface area contributed by atoms with Crippen LogP contribution in [0.3, 0.4) is 0 Å². The lowest BCUT2D eigenvalue weighted by atomic mass is 10.1. The van der Waals surface area contributed by atoms with Gasteiger partial charge in [0.1, 0.15) is 5.82 Å². The number of methoxy groups -OCH3 is 1. The zero-order valence-corrected chi connectivity index (χ0v) is 10.6. The van der Waals surface area contributed by atoms with E-state index >= 15 is 0 Å². The lowest BCUT2D eigenvalue weighted by Crippen LogP contribution is -2.27. The zero-order chi connectivity index (χ0) is 12.8. The van der Waals surface area contributed by atoms with Crippen LogP contribution in [0.5, 0.6) is 0 Å². The number of likely N-dealkylation sites (N-methyl/N-ethyl adjacent to an activating group) is 1. The average molecular weight is 241 g/mol. The molecule has 0 radical (unpaired) electrons. The van der Waals surface area contributed by atoms with E-state index in [1.807, 2.05) is 11.8 Å². The SMILES string of the molecule is CCN(CCOC)c1ccc([C@H](C)O)cc1F. The molecule has 0 heterocycles. The molecule has 0 aromatic heterocycles. The summed E-state index contributed by atoms with van der Waals surface area (Å²) in [6.45, 7) is 5.52. The Morgan fingerprint density at radius 1 is 1.47 bits per heavy atom. The van der Waals surface area contributed by atoms with Crippen molar-refractivity contribution in [1.29, 1.82) is 0 Å². The summed E-state index contributed by atoms with van der Waals surface area (Å²) < 4.78 is 18.9. The van der Waals surface area contributed by atoms with Crippen molar-refractivity contribution in [1.82, 2.24) is 0 Å². The molecule has 1 rings (SSSR count). The minimum atomic E-state index is -0.646. The highest BCUT2D eigenvalue weighted by atomic mass is 19.1. The molecule has 0 bridgehead atoms. The van der Waals surface area contributed by atoms with Crippen LogP contribution in [0.25, 0.3) is 0 Å². The minimum absolute atomic E-state index is 0.304. The fourth-order valence-electron chi connectivity index (χ4n) is 1.69.